The Kier molecular flexibility index (Phi) is 6.39. The summed E-state index contributed by atoms with van der Waals surface area (Å²) in [6.07, 6.45) is 0. The number of anilines is 2. The molecule has 0 fully saturated rings. The summed E-state index contributed by atoms with van der Waals surface area (Å²) in [5.74, 6) is 0.0761. The summed E-state index contributed by atoms with van der Waals surface area (Å²) in [4.78, 5) is 13.2. The van der Waals surface area contributed by atoms with Gasteiger partial charge in [0, 0.05) is 17.3 Å². The van der Waals surface area contributed by atoms with E-state index in [1.165, 1.54) is 35.1 Å². The third kappa shape index (κ3) is 4.90. The molecule has 4 aromatic rings. The van der Waals surface area contributed by atoms with E-state index < -0.39 is 5.82 Å². The van der Waals surface area contributed by atoms with Crippen LogP contribution in [-0.2, 0) is 6.54 Å². The highest BCUT2D eigenvalue weighted by Gasteiger charge is 2.14. The fourth-order valence-corrected chi connectivity index (χ4v) is 4.39. The average molecular weight is 450 g/mol. The van der Waals surface area contributed by atoms with Crippen LogP contribution >= 0.6 is 11.3 Å². The molecule has 164 valence electrons. The first-order chi connectivity index (χ1) is 15.4. The molecule has 4 rings (SSSR count). The van der Waals surface area contributed by atoms with Crippen LogP contribution in [0.25, 0.3) is 10.1 Å². The summed E-state index contributed by atoms with van der Waals surface area (Å²) in [6.45, 7) is 2.84. The third-order valence-corrected chi connectivity index (χ3v) is 6.40. The number of carbonyl (C=O) groups excluding carboxylic acids is 1. The minimum atomic E-state index is -0.452. The van der Waals surface area contributed by atoms with Crippen molar-refractivity contribution in [3.63, 3.8) is 0 Å². The highest BCUT2D eigenvalue weighted by molar-refractivity contribution is 7.20. The lowest BCUT2D eigenvalue weighted by atomic mass is 10.1. The predicted molar refractivity (Wildman–Crippen MR) is 129 cm³/mol. The molecule has 32 heavy (non-hydrogen) atoms. The van der Waals surface area contributed by atoms with E-state index in [1.54, 1.807) is 7.11 Å². The summed E-state index contributed by atoms with van der Waals surface area (Å²) in [5.41, 5.74) is 8.73. The zero-order valence-corrected chi connectivity index (χ0v) is 18.6. The first-order valence-corrected chi connectivity index (χ1v) is 11.0. The quantitative estimate of drug-likeness (QED) is 0.315. The first-order valence-electron chi connectivity index (χ1n) is 10.2. The van der Waals surface area contributed by atoms with Crippen LogP contribution < -0.4 is 21.1 Å². The number of halogens is 1. The van der Waals surface area contributed by atoms with Gasteiger partial charge < -0.3 is 21.1 Å². The molecule has 0 spiro atoms. The molecule has 1 amide bonds. The molecule has 0 saturated carbocycles. The lowest BCUT2D eigenvalue weighted by Crippen LogP contribution is -2.17. The maximum absolute atomic E-state index is 13.5. The van der Waals surface area contributed by atoms with Gasteiger partial charge >= 0.3 is 0 Å². The van der Waals surface area contributed by atoms with Gasteiger partial charge in [0.15, 0.2) is 0 Å². The highest BCUT2D eigenvalue weighted by atomic mass is 32.1. The molecule has 0 saturated heterocycles. The van der Waals surface area contributed by atoms with Gasteiger partial charge in [-0.3, -0.25) is 4.79 Å². The number of benzene rings is 3. The predicted octanol–water partition coefficient (Wildman–Crippen LogP) is 5.73. The van der Waals surface area contributed by atoms with E-state index in [4.69, 9.17) is 10.5 Å². The third-order valence-electron chi connectivity index (χ3n) is 5.30. The number of hydrogen-bond donors (Lipinski definition) is 3. The second kappa shape index (κ2) is 9.38. The molecule has 1 atom stereocenters. The minimum absolute atomic E-state index is 0.132. The number of rotatable bonds is 7. The summed E-state index contributed by atoms with van der Waals surface area (Å²) in [6, 6.07) is 20.0. The molecule has 5 nitrogen and oxygen atoms in total. The van der Waals surface area contributed by atoms with Gasteiger partial charge in [0.1, 0.15) is 11.6 Å². The van der Waals surface area contributed by atoms with Crippen LogP contribution in [0.1, 0.15) is 33.8 Å². The van der Waals surface area contributed by atoms with Crippen molar-refractivity contribution < 1.29 is 13.9 Å². The fourth-order valence-electron chi connectivity index (χ4n) is 3.38. The molecule has 7 heteroatoms. The van der Waals surface area contributed by atoms with Gasteiger partial charge in [0.2, 0.25) is 0 Å². The van der Waals surface area contributed by atoms with E-state index in [0.29, 0.717) is 10.6 Å². The van der Waals surface area contributed by atoms with Crippen molar-refractivity contribution in [1.82, 2.24) is 5.32 Å². The minimum Gasteiger partial charge on any atom is -0.497 e. The second-order valence-corrected chi connectivity index (χ2v) is 8.63. The lowest BCUT2D eigenvalue weighted by Gasteiger charge is -2.14. The van der Waals surface area contributed by atoms with E-state index in [9.17, 15) is 9.18 Å². The molecule has 0 aliphatic rings. The molecule has 0 bridgehead atoms. The summed E-state index contributed by atoms with van der Waals surface area (Å²) in [7, 11) is 1.65. The Morgan fingerprint density at radius 3 is 2.62 bits per heavy atom. The van der Waals surface area contributed by atoms with Crippen LogP contribution in [0, 0.1) is 5.82 Å². The largest absolute Gasteiger partial charge is 0.497 e. The summed E-state index contributed by atoms with van der Waals surface area (Å²) in [5, 5.41) is 7.21. The van der Waals surface area contributed by atoms with E-state index in [1.807, 2.05) is 36.4 Å². The van der Waals surface area contributed by atoms with Gasteiger partial charge in [-0.15, -0.1) is 11.3 Å². The Bertz CT molecular complexity index is 1250. The fraction of sp³-hybridized carbons (Fsp3) is 0.160. The maximum Gasteiger partial charge on any atom is 0.265 e. The van der Waals surface area contributed by atoms with Gasteiger partial charge in [0.05, 0.1) is 23.4 Å². The van der Waals surface area contributed by atoms with Crippen molar-refractivity contribution in [2.45, 2.75) is 19.5 Å². The Morgan fingerprint density at radius 1 is 1.09 bits per heavy atom. The maximum atomic E-state index is 13.5. The number of nitrogen functional groups attached to an aromatic ring is 1. The number of amides is 1. The second-order valence-electron chi connectivity index (χ2n) is 7.54. The lowest BCUT2D eigenvalue weighted by molar-refractivity contribution is 0.103. The molecular weight excluding hydrogens is 425 g/mol. The summed E-state index contributed by atoms with van der Waals surface area (Å²) < 4.78 is 19.7. The van der Waals surface area contributed by atoms with Crippen molar-refractivity contribution in [1.29, 1.82) is 0 Å². The molecule has 0 aliphatic heterocycles. The molecule has 0 radical (unpaired) electrons. The monoisotopic (exact) mass is 449 g/mol. The van der Waals surface area contributed by atoms with Crippen LogP contribution in [0.4, 0.5) is 15.8 Å². The standard InChI is InChI=1S/C25H24FN3O2S/c1-15(28-14-16-3-8-20(31-2)9-4-16)17-5-6-18-12-24(32-23(18)11-17)25(30)29-22-13-19(26)7-10-21(22)27/h3-13,15,28H,14,27H2,1-2H3,(H,29,30). The molecular formula is C25H24FN3O2S. The number of carbonyl (C=O) groups is 1. The number of ether oxygens (including phenoxy) is 1. The molecule has 0 aliphatic carbocycles. The molecule has 1 unspecified atom stereocenters. The van der Waals surface area contributed by atoms with Gasteiger partial charge in [-0.05, 0) is 65.9 Å². The normalized spacial score (nSPS) is 12.0. The summed E-state index contributed by atoms with van der Waals surface area (Å²) >= 11 is 1.40. The van der Waals surface area contributed by atoms with Crippen LogP contribution in [0.5, 0.6) is 5.75 Å². The number of methoxy groups -OCH3 is 1. The zero-order chi connectivity index (χ0) is 22.7. The number of fused-ring (bicyclic) bond motifs is 1. The van der Waals surface area contributed by atoms with Gasteiger partial charge in [-0.2, -0.15) is 0 Å². The van der Waals surface area contributed by atoms with E-state index in [2.05, 4.69) is 29.7 Å². The van der Waals surface area contributed by atoms with Crippen molar-refractivity contribution in [2.24, 2.45) is 0 Å². The van der Waals surface area contributed by atoms with Gasteiger partial charge in [0.25, 0.3) is 5.91 Å². The van der Waals surface area contributed by atoms with Crippen LogP contribution in [0.3, 0.4) is 0 Å². The smallest absolute Gasteiger partial charge is 0.265 e. The molecule has 4 N–H and O–H groups in total. The van der Waals surface area contributed by atoms with Gasteiger partial charge in [-0.25, -0.2) is 4.39 Å². The Labute approximate surface area is 190 Å². The van der Waals surface area contributed by atoms with Crippen LogP contribution in [0.2, 0.25) is 0 Å². The first kappa shape index (κ1) is 21.8. The zero-order valence-electron chi connectivity index (χ0n) is 17.8. The average Bonchev–Trinajstić information content (AvgIpc) is 3.24. The number of nitrogens with two attached hydrogens (primary N) is 1. The number of thiophene rings is 1. The topological polar surface area (TPSA) is 76.4 Å². The number of hydrogen-bond acceptors (Lipinski definition) is 5. The van der Waals surface area contributed by atoms with E-state index in [-0.39, 0.29) is 17.6 Å². The molecule has 1 heterocycles. The Hall–Kier alpha value is -3.42. The van der Waals surface area contributed by atoms with E-state index >= 15 is 0 Å². The van der Waals surface area contributed by atoms with Crippen molar-refractivity contribution in [3.05, 3.63) is 88.6 Å². The van der Waals surface area contributed by atoms with Gasteiger partial charge in [-0.1, -0.05) is 24.3 Å². The van der Waals surface area contributed by atoms with Crippen LogP contribution in [-0.4, -0.2) is 13.0 Å². The highest BCUT2D eigenvalue weighted by Crippen LogP contribution is 2.30. The van der Waals surface area contributed by atoms with Crippen molar-refractivity contribution in [3.8, 4) is 5.75 Å². The van der Waals surface area contributed by atoms with Crippen molar-refractivity contribution >= 4 is 38.7 Å². The SMILES string of the molecule is COc1ccc(CNC(C)c2ccc3cc(C(=O)Nc4cc(F)ccc4N)sc3c2)cc1. The molecule has 3 aromatic carbocycles. The Morgan fingerprint density at radius 2 is 1.88 bits per heavy atom. The van der Waals surface area contributed by atoms with Crippen LogP contribution in [0.15, 0.2) is 66.7 Å². The number of nitrogens with one attached hydrogen (secondary N) is 2. The Balaban J connectivity index is 1.45. The van der Waals surface area contributed by atoms with E-state index in [0.717, 1.165) is 27.9 Å². The van der Waals surface area contributed by atoms with Crippen molar-refractivity contribution in [2.75, 3.05) is 18.2 Å². The molecule has 1 aromatic heterocycles.